The minimum atomic E-state index is 0.254. The monoisotopic (exact) mass is 244 g/mol. The molecule has 6 heteroatoms. The molecular formula is C12H16N6. The molecule has 1 unspecified atom stereocenters. The molecule has 2 heterocycles. The third kappa shape index (κ3) is 1.74. The van der Waals surface area contributed by atoms with Crippen LogP contribution in [-0.2, 0) is 20.0 Å². The molecular weight excluding hydrogens is 228 g/mol. The molecule has 1 aliphatic heterocycles. The van der Waals surface area contributed by atoms with E-state index in [0.29, 0.717) is 6.54 Å². The lowest BCUT2D eigenvalue weighted by molar-refractivity contribution is 0.536. The van der Waals surface area contributed by atoms with Gasteiger partial charge in [-0.2, -0.15) is 0 Å². The van der Waals surface area contributed by atoms with Gasteiger partial charge in [-0.05, 0) is 28.0 Å². The van der Waals surface area contributed by atoms with Gasteiger partial charge in [0.1, 0.15) is 0 Å². The van der Waals surface area contributed by atoms with Gasteiger partial charge in [0.05, 0.1) is 0 Å². The zero-order valence-corrected chi connectivity index (χ0v) is 10.3. The van der Waals surface area contributed by atoms with Crippen LogP contribution in [0.25, 0.3) is 0 Å². The lowest BCUT2D eigenvalue weighted by Crippen LogP contribution is -2.46. The molecule has 18 heavy (non-hydrogen) atoms. The fraction of sp³-hybridized carbons (Fsp3) is 0.417. The summed E-state index contributed by atoms with van der Waals surface area (Å²) < 4.78 is 1.69. The Morgan fingerprint density at radius 2 is 2.11 bits per heavy atom. The Balaban J connectivity index is 1.98. The van der Waals surface area contributed by atoms with Crippen LogP contribution in [0.15, 0.2) is 24.3 Å². The van der Waals surface area contributed by atoms with E-state index < -0.39 is 0 Å². The van der Waals surface area contributed by atoms with Gasteiger partial charge < -0.3 is 10.6 Å². The smallest absolute Gasteiger partial charge is 0.245 e. The summed E-state index contributed by atoms with van der Waals surface area (Å²) in [5.41, 5.74) is 8.59. The summed E-state index contributed by atoms with van der Waals surface area (Å²) in [6.45, 7) is 1.41. The van der Waals surface area contributed by atoms with Crippen molar-refractivity contribution < 1.29 is 0 Å². The van der Waals surface area contributed by atoms with Crippen molar-refractivity contribution in [3.05, 3.63) is 35.4 Å². The summed E-state index contributed by atoms with van der Waals surface area (Å²) in [4.78, 5) is 2.18. The van der Waals surface area contributed by atoms with E-state index in [4.69, 9.17) is 5.73 Å². The average Bonchev–Trinajstić information content (AvgIpc) is 2.83. The second kappa shape index (κ2) is 4.38. The molecule has 0 radical (unpaired) electrons. The average molecular weight is 244 g/mol. The van der Waals surface area contributed by atoms with E-state index in [0.717, 1.165) is 18.9 Å². The van der Waals surface area contributed by atoms with Crippen molar-refractivity contribution in [2.75, 3.05) is 11.4 Å². The van der Waals surface area contributed by atoms with E-state index in [1.54, 1.807) is 4.68 Å². The third-order valence-corrected chi connectivity index (χ3v) is 3.48. The van der Waals surface area contributed by atoms with Crippen LogP contribution in [0, 0.1) is 0 Å². The van der Waals surface area contributed by atoms with Crippen molar-refractivity contribution in [1.82, 2.24) is 20.2 Å². The van der Waals surface area contributed by atoms with E-state index in [2.05, 4.69) is 44.7 Å². The summed E-state index contributed by atoms with van der Waals surface area (Å²) in [5, 5.41) is 11.7. The maximum atomic E-state index is 5.89. The first kappa shape index (κ1) is 11.2. The number of aromatic nitrogens is 4. The Bertz CT molecular complexity index is 549. The van der Waals surface area contributed by atoms with Crippen molar-refractivity contribution in [3.63, 3.8) is 0 Å². The van der Waals surface area contributed by atoms with Crippen LogP contribution < -0.4 is 10.6 Å². The molecule has 1 aromatic heterocycles. The second-order valence-corrected chi connectivity index (χ2v) is 4.59. The topological polar surface area (TPSA) is 72.9 Å². The van der Waals surface area contributed by atoms with Crippen LogP contribution >= 0.6 is 0 Å². The molecule has 1 aromatic carbocycles. The number of anilines is 1. The predicted molar refractivity (Wildman–Crippen MR) is 68.0 cm³/mol. The third-order valence-electron chi connectivity index (χ3n) is 3.48. The van der Waals surface area contributed by atoms with E-state index in [1.165, 1.54) is 11.1 Å². The van der Waals surface area contributed by atoms with Crippen LogP contribution in [0.1, 0.15) is 11.1 Å². The minimum Gasteiger partial charge on any atom is -0.331 e. The maximum absolute atomic E-state index is 5.89. The first-order valence-corrected chi connectivity index (χ1v) is 6.05. The summed E-state index contributed by atoms with van der Waals surface area (Å²) in [6.07, 6.45) is 0.944. The Morgan fingerprint density at radius 1 is 1.33 bits per heavy atom. The van der Waals surface area contributed by atoms with E-state index >= 15 is 0 Å². The van der Waals surface area contributed by atoms with Gasteiger partial charge in [-0.3, -0.25) is 0 Å². The van der Waals surface area contributed by atoms with Crippen molar-refractivity contribution in [2.24, 2.45) is 12.8 Å². The largest absolute Gasteiger partial charge is 0.331 e. The zero-order chi connectivity index (χ0) is 12.5. The standard InChI is InChI=1S/C12H16N6/c1-17-12(14-15-16-17)18-8-10-5-3-2-4-9(10)6-11(18)7-13/h2-5,11H,6-8,13H2,1H3. The van der Waals surface area contributed by atoms with Crippen LogP contribution in [0.2, 0.25) is 0 Å². The number of hydrogen-bond donors (Lipinski definition) is 1. The fourth-order valence-electron chi connectivity index (χ4n) is 2.50. The first-order valence-electron chi connectivity index (χ1n) is 6.05. The van der Waals surface area contributed by atoms with Crippen LogP contribution in [-0.4, -0.2) is 32.8 Å². The van der Waals surface area contributed by atoms with E-state index in [9.17, 15) is 0 Å². The molecule has 0 amide bonds. The number of benzene rings is 1. The Labute approximate surface area is 105 Å². The Morgan fingerprint density at radius 3 is 2.78 bits per heavy atom. The summed E-state index contributed by atoms with van der Waals surface area (Å²) in [5.74, 6) is 0.778. The predicted octanol–water partition coefficient (Wildman–Crippen LogP) is 0.100. The van der Waals surface area contributed by atoms with Gasteiger partial charge in [-0.1, -0.05) is 29.4 Å². The number of hydrogen-bond acceptors (Lipinski definition) is 5. The molecule has 3 rings (SSSR count). The van der Waals surface area contributed by atoms with Gasteiger partial charge in [0.25, 0.3) is 0 Å². The highest BCUT2D eigenvalue weighted by molar-refractivity contribution is 5.41. The quantitative estimate of drug-likeness (QED) is 0.811. The van der Waals surface area contributed by atoms with E-state index in [1.807, 2.05) is 7.05 Å². The molecule has 2 N–H and O–H groups in total. The lowest BCUT2D eigenvalue weighted by atomic mass is 9.94. The normalized spacial score (nSPS) is 18.8. The van der Waals surface area contributed by atoms with Gasteiger partial charge in [-0.15, -0.1) is 0 Å². The molecule has 6 nitrogen and oxygen atoms in total. The van der Waals surface area contributed by atoms with Gasteiger partial charge in [0.2, 0.25) is 5.95 Å². The number of rotatable bonds is 2. The van der Waals surface area contributed by atoms with Crippen LogP contribution in [0.5, 0.6) is 0 Å². The first-order chi connectivity index (χ1) is 8.79. The zero-order valence-electron chi connectivity index (χ0n) is 10.3. The maximum Gasteiger partial charge on any atom is 0.245 e. The molecule has 1 aliphatic rings. The molecule has 94 valence electrons. The molecule has 0 saturated heterocycles. The van der Waals surface area contributed by atoms with E-state index in [-0.39, 0.29) is 6.04 Å². The number of aryl methyl sites for hydroxylation is 1. The minimum absolute atomic E-state index is 0.254. The fourth-order valence-corrected chi connectivity index (χ4v) is 2.50. The highest BCUT2D eigenvalue weighted by Gasteiger charge is 2.27. The Kier molecular flexibility index (Phi) is 2.71. The summed E-state index contributed by atoms with van der Waals surface area (Å²) >= 11 is 0. The summed E-state index contributed by atoms with van der Waals surface area (Å²) in [6, 6.07) is 8.72. The molecule has 0 saturated carbocycles. The number of nitrogens with two attached hydrogens (primary N) is 1. The van der Waals surface area contributed by atoms with Crippen LogP contribution in [0.4, 0.5) is 5.95 Å². The lowest BCUT2D eigenvalue weighted by Gasteiger charge is -2.36. The summed E-state index contributed by atoms with van der Waals surface area (Å²) in [7, 11) is 1.85. The molecule has 2 aromatic rings. The Hall–Kier alpha value is -1.95. The van der Waals surface area contributed by atoms with Crippen molar-refractivity contribution in [1.29, 1.82) is 0 Å². The van der Waals surface area contributed by atoms with Crippen molar-refractivity contribution in [3.8, 4) is 0 Å². The highest BCUT2D eigenvalue weighted by Crippen LogP contribution is 2.25. The van der Waals surface area contributed by atoms with Gasteiger partial charge >= 0.3 is 0 Å². The van der Waals surface area contributed by atoms with Crippen LogP contribution in [0.3, 0.4) is 0 Å². The number of fused-ring (bicyclic) bond motifs is 1. The van der Waals surface area contributed by atoms with Crippen molar-refractivity contribution in [2.45, 2.75) is 19.0 Å². The van der Waals surface area contributed by atoms with Gasteiger partial charge in [0.15, 0.2) is 0 Å². The SMILES string of the molecule is Cn1nnnc1N1Cc2ccccc2CC1CN. The number of tetrazole rings is 1. The number of nitrogens with zero attached hydrogens (tertiary/aromatic N) is 5. The van der Waals surface area contributed by atoms with Gasteiger partial charge in [-0.25, -0.2) is 4.68 Å². The highest BCUT2D eigenvalue weighted by atomic mass is 15.6. The van der Waals surface area contributed by atoms with Crippen molar-refractivity contribution >= 4 is 5.95 Å². The second-order valence-electron chi connectivity index (χ2n) is 4.59. The molecule has 0 bridgehead atoms. The molecule has 0 fully saturated rings. The van der Waals surface area contributed by atoms with Gasteiger partial charge in [0, 0.05) is 26.2 Å². The molecule has 0 spiro atoms. The molecule has 0 aliphatic carbocycles. The molecule has 1 atom stereocenters.